The van der Waals surface area contributed by atoms with Gasteiger partial charge in [-0.1, -0.05) is 11.8 Å². The van der Waals surface area contributed by atoms with Gasteiger partial charge in [0.25, 0.3) is 0 Å². The van der Waals surface area contributed by atoms with Gasteiger partial charge in [0.05, 0.1) is 10.9 Å². The van der Waals surface area contributed by atoms with E-state index in [4.69, 9.17) is 0 Å². The molecule has 0 bridgehead atoms. The number of hydrogen-bond donors (Lipinski definition) is 1. The van der Waals surface area contributed by atoms with E-state index in [1.807, 2.05) is 0 Å². The summed E-state index contributed by atoms with van der Waals surface area (Å²) in [5.41, 5.74) is -0.428. The molecule has 112 valence electrons. The number of anilines is 1. The second-order valence-corrected chi connectivity index (χ2v) is 5.37. The molecule has 21 heavy (non-hydrogen) atoms. The van der Waals surface area contributed by atoms with Gasteiger partial charge in [-0.3, -0.25) is 4.79 Å². The number of thioether (sulfide) groups is 1. The number of amides is 1. The molecule has 1 heterocycles. The number of aryl methyl sites for hydroxylation is 1. The van der Waals surface area contributed by atoms with E-state index in [1.165, 1.54) is 4.68 Å². The lowest BCUT2D eigenvalue weighted by molar-refractivity contribution is -0.115. The lowest BCUT2D eigenvalue weighted by atomic mass is 10.2. The Morgan fingerprint density at radius 2 is 2.05 bits per heavy atom. The van der Waals surface area contributed by atoms with Crippen LogP contribution in [-0.2, 0) is 11.8 Å². The summed E-state index contributed by atoms with van der Waals surface area (Å²) in [4.78, 5) is 11.9. The van der Waals surface area contributed by atoms with Crippen LogP contribution in [-0.4, -0.2) is 31.4 Å². The summed E-state index contributed by atoms with van der Waals surface area (Å²) in [6.07, 6.45) is 0. The molecular weight excluding hydrogens is 307 g/mol. The van der Waals surface area contributed by atoms with Gasteiger partial charge in [0.2, 0.25) is 11.1 Å². The van der Waals surface area contributed by atoms with Gasteiger partial charge in [-0.2, -0.15) is 0 Å². The summed E-state index contributed by atoms with van der Waals surface area (Å²) < 4.78 is 40.7. The van der Waals surface area contributed by atoms with Crippen molar-refractivity contribution in [1.29, 1.82) is 0 Å². The van der Waals surface area contributed by atoms with Gasteiger partial charge >= 0.3 is 0 Å². The number of carbonyl (C=O) groups excluding carboxylic acids is 1. The van der Waals surface area contributed by atoms with Crippen molar-refractivity contribution in [3.8, 4) is 0 Å². The van der Waals surface area contributed by atoms with E-state index in [-0.39, 0.29) is 0 Å². The zero-order chi connectivity index (χ0) is 15.6. The van der Waals surface area contributed by atoms with Crippen molar-refractivity contribution in [3.63, 3.8) is 0 Å². The van der Waals surface area contributed by atoms with E-state index in [1.54, 1.807) is 14.0 Å². The molecular formula is C11H10F3N5OS. The van der Waals surface area contributed by atoms with Crippen molar-refractivity contribution in [2.75, 3.05) is 5.32 Å². The van der Waals surface area contributed by atoms with Gasteiger partial charge in [-0.15, -0.1) is 5.10 Å². The minimum Gasteiger partial charge on any atom is -0.323 e. The van der Waals surface area contributed by atoms with Crippen molar-refractivity contribution in [2.24, 2.45) is 7.05 Å². The van der Waals surface area contributed by atoms with E-state index in [0.29, 0.717) is 5.16 Å². The Hall–Kier alpha value is -2.10. The predicted octanol–water partition coefficient (Wildman–Crippen LogP) is 1.75. The SMILES string of the molecule is CC(Sc1nnnn1C)C(=O)Nc1ccc(F)c(F)c1F. The first-order valence-electron chi connectivity index (χ1n) is 5.73. The van der Waals surface area contributed by atoms with Crippen LogP contribution in [0.1, 0.15) is 6.92 Å². The standard InChI is InChI=1S/C11H10F3N5OS/c1-5(21-11-16-17-18-19(11)2)10(20)15-7-4-3-6(12)8(13)9(7)14/h3-5H,1-2H3,(H,15,20). The maximum Gasteiger partial charge on any atom is 0.237 e. The highest BCUT2D eigenvalue weighted by molar-refractivity contribution is 8.00. The molecule has 1 aromatic heterocycles. The summed E-state index contributed by atoms with van der Waals surface area (Å²) in [5, 5.41) is 12.6. The molecule has 10 heteroatoms. The smallest absolute Gasteiger partial charge is 0.237 e. The van der Waals surface area contributed by atoms with Crippen LogP contribution in [0.2, 0.25) is 0 Å². The maximum absolute atomic E-state index is 13.5. The lowest BCUT2D eigenvalue weighted by Crippen LogP contribution is -2.23. The van der Waals surface area contributed by atoms with Gasteiger partial charge in [-0.25, -0.2) is 17.9 Å². The van der Waals surface area contributed by atoms with Crippen molar-refractivity contribution >= 4 is 23.4 Å². The normalized spacial score (nSPS) is 12.2. The average molecular weight is 317 g/mol. The Morgan fingerprint density at radius 3 is 2.67 bits per heavy atom. The van der Waals surface area contributed by atoms with Crippen molar-refractivity contribution in [2.45, 2.75) is 17.3 Å². The zero-order valence-electron chi connectivity index (χ0n) is 11.0. The predicted molar refractivity (Wildman–Crippen MR) is 69.1 cm³/mol. The van der Waals surface area contributed by atoms with Gasteiger partial charge in [0, 0.05) is 7.05 Å². The van der Waals surface area contributed by atoms with Crippen LogP contribution in [0, 0.1) is 17.5 Å². The van der Waals surface area contributed by atoms with E-state index >= 15 is 0 Å². The average Bonchev–Trinajstić information content (AvgIpc) is 2.85. The van der Waals surface area contributed by atoms with Gasteiger partial charge in [0.1, 0.15) is 0 Å². The summed E-state index contributed by atoms with van der Waals surface area (Å²) in [7, 11) is 1.60. The van der Waals surface area contributed by atoms with Gasteiger partial charge < -0.3 is 5.32 Å². The van der Waals surface area contributed by atoms with Crippen LogP contribution >= 0.6 is 11.8 Å². The number of nitrogens with one attached hydrogen (secondary N) is 1. The van der Waals surface area contributed by atoms with Crippen LogP contribution in [0.3, 0.4) is 0 Å². The molecule has 1 atom stereocenters. The van der Waals surface area contributed by atoms with Gasteiger partial charge in [0.15, 0.2) is 17.5 Å². The van der Waals surface area contributed by atoms with Crippen LogP contribution in [0.5, 0.6) is 0 Å². The monoisotopic (exact) mass is 317 g/mol. The fourth-order valence-electron chi connectivity index (χ4n) is 1.39. The molecule has 0 radical (unpaired) electrons. The van der Waals surface area contributed by atoms with E-state index < -0.39 is 34.3 Å². The molecule has 1 amide bonds. The fourth-order valence-corrected chi connectivity index (χ4v) is 2.14. The van der Waals surface area contributed by atoms with Crippen LogP contribution < -0.4 is 5.32 Å². The van der Waals surface area contributed by atoms with E-state index in [2.05, 4.69) is 20.8 Å². The second-order valence-electron chi connectivity index (χ2n) is 4.06. The molecule has 2 aromatic rings. The third-order valence-electron chi connectivity index (χ3n) is 2.53. The molecule has 0 aliphatic carbocycles. The topological polar surface area (TPSA) is 72.7 Å². The van der Waals surface area contributed by atoms with Crippen molar-refractivity contribution in [1.82, 2.24) is 20.2 Å². The molecule has 0 fully saturated rings. The van der Waals surface area contributed by atoms with E-state index in [9.17, 15) is 18.0 Å². The van der Waals surface area contributed by atoms with Crippen molar-refractivity contribution < 1.29 is 18.0 Å². The summed E-state index contributed by atoms with van der Waals surface area (Å²) in [5.74, 6) is -4.99. The second kappa shape index (κ2) is 6.12. The minimum atomic E-state index is -1.63. The van der Waals surface area contributed by atoms with Gasteiger partial charge in [-0.05, 0) is 29.5 Å². The molecule has 0 spiro atoms. The fraction of sp³-hybridized carbons (Fsp3) is 0.273. The Labute approximate surface area is 121 Å². The molecule has 2 rings (SSSR count). The third-order valence-corrected chi connectivity index (χ3v) is 3.65. The molecule has 1 N–H and O–H groups in total. The molecule has 6 nitrogen and oxygen atoms in total. The third kappa shape index (κ3) is 3.32. The highest BCUT2D eigenvalue weighted by Gasteiger charge is 2.20. The molecule has 0 saturated heterocycles. The Kier molecular flexibility index (Phi) is 4.46. The van der Waals surface area contributed by atoms with Crippen molar-refractivity contribution in [3.05, 3.63) is 29.6 Å². The molecule has 1 unspecified atom stereocenters. The Bertz CT molecular complexity index is 678. The number of nitrogens with zero attached hydrogens (tertiary/aromatic N) is 4. The zero-order valence-corrected chi connectivity index (χ0v) is 11.8. The van der Waals surface area contributed by atoms with Crippen LogP contribution in [0.25, 0.3) is 0 Å². The largest absolute Gasteiger partial charge is 0.323 e. The Balaban J connectivity index is 2.08. The number of halogens is 3. The highest BCUT2D eigenvalue weighted by Crippen LogP contribution is 2.23. The number of tetrazole rings is 1. The summed E-state index contributed by atoms with van der Waals surface area (Å²) in [6, 6.07) is 1.69. The molecule has 0 saturated carbocycles. The number of benzene rings is 1. The molecule has 1 aromatic carbocycles. The minimum absolute atomic E-state index is 0.392. The lowest BCUT2D eigenvalue weighted by Gasteiger charge is -2.11. The first-order chi connectivity index (χ1) is 9.90. The summed E-state index contributed by atoms with van der Waals surface area (Å²) >= 11 is 1.04. The molecule has 0 aliphatic rings. The first-order valence-corrected chi connectivity index (χ1v) is 6.61. The quantitative estimate of drug-likeness (QED) is 0.687. The number of hydrogen-bond acceptors (Lipinski definition) is 5. The van der Waals surface area contributed by atoms with E-state index in [0.717, 1.165) is 23.9 Å². The maximum atomic E-state index is 13.5. The number of rotatable bonds is 4. The highest BCUT2D eigenvalue weighted by atomic mass is 32.2. The van der Waals surface area contributed by atoms with Crippen LogP contribution in [0.4, 0.5) is 18.9 Å². The number of aromatic nitrogens is 4. The van der Waals surface area contributed by atoms with Crippen LogP contribution in [0.15, 0.2) is 17.3 Å². The number of carbonyl (C=O) groups is 1. The first kappa shape index (κ1) is 15.3. The summed E-state index contributed by atoms with van der Waals surface area (Å²) in [6.45, 7) is 1.55. The Morgan fingerprint density at radius 1 is 1.33 bits per heavy atom. The molecule has 0 aliphatic heterocycles.